The fourth-order valence-electron chi connectivity index (χ4n) is 1.54. The lowest BCUT2D eigenvalue weighted by molar-refractivity contribution is 0.132. The average Bonchev–Trinajstić information content (AvgIpc) is 2.66. The van der Waals surface area contributed by atoms with Crippen LogP contribution in [-0.4, -0.2) is 18.2 Å². The predicted octanol–water partition coefficient (Wildman–Crippen LogP) is 7.63. The molecule has 0 aliphatic carbocycles. The van der Waals surface area contributed by atoms with Crippen LogP contribution in [0.25, 0.3) is 0 Å². The van der Waals surface area contributed by atoms with Gasteiger partial charge in [-0.1, -0.05) is 81.2 Å². The van der Waals surface area contributed by atoms with Crippen LogP contribution in [0.4, 0.5) is 0 Å². The molecule has 0 aliphatic rings. The minimum absolute atomic E-state index is 0.931. The number of hydrogen-bond acceptors (Lipinski definition) is 2. The maximum absolute atomic E-state index is 5.22. The van der Waals surface area contributed by atoms with Crippen molar-refractivity contribution in [2.45, 2.75) is 101 Å². The zero-order valence-electron chi connectivity index (χ0n) is 18.5. The van der Waals surface area contributed by atoms with Crippen molar-refractivity contribution >= 4 is 0 Å². The molecule has 1 aromatic heterocycles. The van der Waals surface area contributed by atoms with Crippen LogP contribution in [0.3, 0.4) is 0 Å². The summed E-state index contributed by atoms with van der Waals surface area (Å²) in [5.41, 5.74) is 2.55. The largest absolute Gasteiger partial charge is 0.381 e. The highest BCUT2D eigenvalue weighted by Crippen LogP contribution is 2.05. The number of hydrogen-bond donors (Lipinski definition) is 0. The smallest absolute Gasteiger partial charge is 0.0465 e. The van der Waals surface area contributed by atoms with Crippen molar-refractivity contribution < 1.29 is 4.74 Å². The Labute approximate surface area is 154 Å². The van der Waals surface area contributed by atoms with E-state index in [0.717, 1.165) is 26.1 Å². The van der Waals surface area contributed by atoms with E-state index < -0.39 is 0 Å². The Bertz CT molecular complexity index is 281. The number of nitrogens with zero attached hydrogens (tertiary/aromatic N) is 1. The van der Waals surface area contributed by atoms with Crippen LogP contribution in [0.2, 0.25) is 0 Å². The quantitative estimate of drug-likeness (QED) is 0.475. The third-order valence-electron chi connectivity index (χ3n) is 2.63. The van der Waals surface area contributed by atoms with Gasteiger partial charge in [-0.25, -0.2) is 0 Å². The predicted molar refractivity (Wildman–Crippen MR) is 113 cm³/mol. The summed E-state index contributed by atoms with van der Waals surface area (Å²) in [7, 11) is 0. The summed E-state index contributed by atoms with van der Waals surface area (Å²) in [5.74, 6) is 0. The molecule has 2 heteroatoms. The summed E-state index contributed by atoms with van der Waals surface area (Å²) >= 11 is 0. The monoisotopic (exact) mass is 341 g/mol. The standard InChI is InChI=1S/C9H13N.C7H16O.3C2H6/c1-3-5-9-6-4-7-10-8(9)2;1-3-5-7-8-6-4-2;3*1-2/h4,6-7H,3,5H2,1-2H3;3-7H2,1-2H3;3*1-2H3. The van der Waals surface area contributed by atoms with Gasteiger partial charge in [0.1, 0.15) is 0 Å². The molecule has 24 heavy (non-hydrogen) atoms. The van der Waals surface area contributed by atoms with Crippen LogP contribution in [0, 0.1) is 6.92 Å². The first-order valence-electron chi connectivity index (χ1n) is 10.2. The minimum atomic E-state index is 0.931. The Morgan fingerprint density at radius 2 is 1.42 bits per heavy atom. The van der Waals surface area contributed by atoms with Crippen LogP contribution < -0.4 is 0 Å². The average molecular weight is 342 g/mol. The Morgan fingerprint density at radius 1 is 0.833 bits per heavy atom. The Kier molecular flexibility index (Phi) is 43.4. The molecule has 1 aromatic rings. The summed E-state index contributed by atoms with van der Waals surface area (Å²) in [6, 6.07) is 4.14. The number of aryl methyl sites for hydroxylation is 2. The van der Waals surface area contributed by atoms with E-state index >= 15 is 0 Å². The minimum Gasteiger partial charge on any atom is -0.381 e. The van der Waals surface area contributed by atoms with Gasteiger partial charge in [-0.2, -0.15) is 0 Å². The van der Waals surface area contributed by atoms with Crippen molar-refractivity contribution in [1.82, 2.24) is 4.98 Å². The molecule has 0 fully saturated rings. The highest BCUT2D eigenvalue weighted by molar-refractivity contribution is 5.17. The van der Waals surface area contributed by atoms with Crippen LogP contribution in [0.1, 0.15) is 99.3 Å². The molecule has 0 atom stereocenters. The molecule has 0 N–H and O–H groups in total. The van der Waals surface area contributed by atoms with Gasteiger partial charge in [-0.05, 0) is 37.8 Å². The topological polar surface area (TPSA) is 22.1 Å². The lowest BCUT2D eigenvalue weighted by Crippen LogP contribution is -1.93. The van der Waals surface area contributed by atoms with Gasteiger partial charge in [0.25, 0.3) is 0 Å². The van der Waals surface area contributed by atoms with Gasteiger partial charge in [0, 0.05) is 25.1 Å². The van der Waals surface area contributed by atoms with Crippen LogP contribution >= 0.6 is 0 Å². The van der Waals surface area contributed by atoms with E-state index in [1.165, 1.54) is 30.5 Å². The van der Waals surface area contributed by atoms with E-state index in [9.17, 15) is 0 Å². The summed E-state index contributed by atoms with van der Waals surface area (Å²) in [4.78, 5) is 4.20. The Hall–Kier alpha value is -0.890. The molecule has 1 rings (SSSR count). The SMILES string of the molecule is CC.CC.CC.CCCCOCCC.CCCc1cccnc1C. The molecule has 0 bridgehead atoms. The summed E-state index contributed by atoms with van der Waals surface area (Å²) in [6.07, 6.45) is 7.79. The van der Waals surface area contributed by atoms with Gasteiger partial charge in [-0.15, -0.1) is 0 Å². The normalized spacial score (nSPS) is 8.08. The molecule has 0 unspecified atom stereocenters. The molecular formula is C22H47NO. The number of unbranched alkanes of at least 4 members (excludes halogenated alkanes) is 1. The third-order valence-corrected chi connectivity index (χ3v) is 2.63. The maximum atomic E-state index is 5.22. The van der Waals surface area contributed by atoms with Crippen molar-refractivity contribution in [3.05, 3.63) is 29.6 Å². The van der Waals surface area contributed by atoms with E-state index in [4.69, 9.17) is 4.74 Å². The van der Waals surface area contributed by atoms with Gasteiger partial charge in [0.2, 0.25) is 0 Å². The third kappa shape index (κ3) is 26.0. The molecule has 0 aromatic carbocycles. The van der Waals surface area contributed by atoms with E-state index in [1.54, 1.807) is 0 Å². The first-order chi connectivity index (χ1) is 11.8. The second-order valence-corrected chi connectivity index (χ2v) is 4.46. The van der Waals surface area contributed by atoms with E-state index in [0.29, 0.717) is 0 Å². The van der Waals surface area contributed by atoms with E-state index in [2.05, 4.69) is 38.7 Å². The molecule has 0 saturated carbocycles. The molecular weight excluding hydrogens is 294 g/mol. The first kappa shape index (κ1) is 30.9. The number of rotatable bonds is 7. The van der Waals surface area contributed by atoms with E-state index in [-0.39, 0.29) is 0 Å². The lowest BCUT2D eigenvalue weighted by atomic mass is 10.1. The summed E-state index contributed by atoms with van der Waals surface area (Å²) in [6.45, 7) is 22.4. The molecule has 1 heterocycles. The second-order valence-electron chi connectivity index (χ2n) is 4.46. The van der Waals surface area contributed by atoms with Crippen molar-refractivity contribution in [1.29, 1.82) is 0 Å². The lowest BCUT2D eigenvalue weighted by Gasteiger charge is -2.00. The van der Waals surface area contributed by atoms with Gasteiger partial charge < -0.3 is 4.74 Å². The van der Waals surface area contributed by atoms with Crippen LogP contribution in [0.15, 0.2) is 18.3 Å². The molecule has 0 aliphatic heterocycles. The van der Waals surface area contributed by atoms with Crippen molar-refractivity contribution in [2.24, 2.45) is 0 Å². The molecule has 0 saturated heterocycles. The van der Waals surface area contributed by atoms with Crippen molar-refractivity contribution in [3.63, 3.8) is 0 Å². The maximum Gasteiger partial charge on any atom is 0.0465 e. The van der Waals surface area contributed by atoms with E-state index in [1.807, 2.05) is 53.8 Å². The van der Waals surface area contributed by atoms with Gasteiger partial charge in [0.05, 0.1) is 0 Å². The second kappa shape index (κ2) is 33.7. The molecule has 0 spiro atoms. The zero-order valence-corrected chi connectivity index (χ0v) is 18.5. The van der Waals surface area contributed by atoms with Gasteiger partial charge >= 0.3 is 0 Å². The first-order valence-corrected chi connectivity index (χ1v) is 10.2. The number of pyridine rings is 1. The molecule has 0 amide bonds. The highest BCUT2D eigenvalue weighted by Gasteiger charge is 1.93. The fraction of sp³-hybridized carbons (Fsp3) is 0.773. The van der Waals surface area contributed by atoms with Gasteiger partial charge in [0.15, 0.2) is 0 Å². The van der Waals surface area contributed by atoms with Crippen LogP contribution in [-0.2, 0) is 11.2 Å². The zero-order chi connectivity index (χ0) is 19.6. The molecule has 2 nitrogen and oxygen atoms in total. The van der Waals surface area contributed by atoms with Gasteiger partial charge in [-0.3, -0.25) is 4.98 Å². The highest BCUT2D eigenvalue weighted by atomic mass is 16.5. The Morgan fingerprint density at radius 3 is 1.83 bits per heavy atom. The van der Waals surface area contributed by atoms with Crippen LogP contribution in [0.5, 0.6) is 0 Å². The molecule has 146 valence electrons. The molecule has 0 radical (unpaired) electrons. The number of ether oxygens (including phenoxy) is 1. The number of aromatic nitrogens is 1. The summed E-state index contributed by atoms with van der Waals surface area (Å²) in [5, 5.41) is 0. The van der Waals surface area contributed by atoms with Crippen molar-refractivity contribution in [3.8, 4) is 0 Å². The van der Waals surface area contributed by atoms with Crippen molar-refractivity contribution in [2.75, 3.05) is 13.2 Å². The fourth-order valence-corrected chi connectivity index (χ4v) is 1.54. The Balaban J connectivity index is -0.000000129. The summed E-state index contributed by atoms with van der Waals surface area (Å²) < 4.78 is 5.22.